The standard InChI is InChI=1S/C27H17NO/c1-2-9-23-18(6-1)12-13-21-16-20(14-15-24(21)23)19-7-5-8-22(17-19)27-28-25-10-3-4-11-26(25)29-27/h1-17H. The van der Waals surface area contributed by atoms with Crippen molar-refractivity contribution in [2.45, 2.75) is 0 Å². The topological polar surface area (TPSA) is 26.0 Å². The zero-order valence-electron chi connectivity index (χ0n) is 15.7. The molecule has 136 valence electrons. The Morgan fingerprint density at radius 3 is 2.24 bits per heavy atom. The first-order valence-corrected chi connectivity index (χ1v) is 9.73. The maximum atomic E-state index is 5.95. The van der Waals surface area contributed by atoms with Crippen LogP contribution in [0.1, 0.15) is 0 Å². The van der Waals surface area contributed by atoms with Crippen molar-refractivity contribution < 1.29 is 4.42 Å². The van der Waals surface area contributed by atoms with Crippen LogP contribution in [0.5, 0.6) is 0 Å². The normalized spacial score (nSPS) is 11.4. The molecule has 0 spiro atoms. The van der Waals surface area contributed by atoms with E-state index in [-0.39, 0.29) is 0 Å². The number of hydrogen-bond donors (Lipinski definition) is 0. The van der Waals surface area contributed by atoms with Crippen molar-refractivity contribution in [1.82, 2.24) is 4.98 Å². The fraction of sp³-hybridized carbons (Fsp3) is 0. The van der Waals surface area contributed by atoms with E-state index in [0.29, 0.717) is 5.89 Å². The maximum Gasteiger partial charge on any atom is 0.227 e. The summed E-state index contributed by atoms with van der Waals surface area (Å²) < 4.78 is 5.95. The van der Waals surface area contributed by atoms with Crippen molar-refractivity contribution in [3.05, 3.63) is 103 Å². The Morgan fingerprint density at radius 2 is 1.28 bits per heavy atom. The molecule has 2 nitrogen and oxygen atoms in total. The second-order valence-corrected chi connectivity index (χ2v) is 7.29. The molecule has 0 fully saturated rings. The van der Waals surface area contributed by atoms with Gasteiger partial charge in [-0.05, 0) is 63.0 Å². The monoisotopic (exact) mass is 371 g/mol. The summed E-state index contributed by atoms with van der Waals surface area (Å²) >= 11 is 0. The Bertz CT molecular complexity index is 1480. The molecule has 0 aliphatic heterocycles. The molecule has 5 aromatic carbocycles. The number of oxazole rings is 1. The van der Waals surface area contributed by atoms with Gasteiger partial charge in [0, 0.05) is 5.56 Å². The second kappa shape index (κ2) is 6.32. The van der Waals surface area contributed by atoms with Crippen molar-refractivity contribution in [2.24, 2.45) is 0 Å². The largest absolute Gasteiger partial charge is 0.436 e. The molecule has 6 rings (SSSR count). The van der Waals surface area contributed by atoms with Crippen LogP contribution in [0.4, 0.5) is 0 Å². The third kappa shape index (κ3) is 2.69. The first-order valence-electron chi connectivity index (χ1n) is 9.73. The first kappa shape index (κ1) is 16.1. The van der Waals surface area contributed by atoms with Gasteiger partial charge in [-0.1, -0.05) is 72.8 Å². The maximum absolute atomic E-state index is 5.95. The van der Waals surface area contributed by atoms with Gasteiger partial charge >= 0.3 is 0 Å². The highest BCUT2D eigenvalue weighted by molar-refractivity contribution is 6.08. The molecule has 6 aromatic rings. The molecule has 2 heteroatoms. The van der Waals surface area contributed by atoms with Crippen LogP contribution in [0, 0.1) is 0 Å². The Labute approximate surface area is 168 Å². The third-order valence-electron chi connectivity index (χ3n) is 5.48. The van der Waals surface area contributed by atoms with Crippen molar-refractivity contribution in [3.63, 3.8) is 0 Å². The predicted molar refractivity (Wildman–Crippen MR) is 120 cm³/mol. The molecule has 0 saturated carbocycles. The average molecular weight is 371 g/mol. The Kier molecular flexibility index (Phi) is 3.50. The van der Waals surface area contributed by atoms with Crippen LogP contribution in [-0.2, 0) is 0 Å². The number of hydrogen-bond acceptors (Lipinski definition) is 2. The molecule has 0 radical (unpaired) electrons. The number of nitrogens with zero attached hydrogens (tertiary/aromatic N) is 1. The van der Waals surface area contributed by atoms with E-state index in [9.17, 15) is 0 Å². The smallest absolute Gasteiger partial charge is 0.227 e. The van der Waals surface area contributed by atoms with Gasteiger partial charge in [0.05, 0.1) is 0 Å². The van der Waals surface area contributed by atoms with Gasteiger partial charge in [-0.25, -0.2) is 4.98 Å². The minimum atomic E-state index is 0.653. The molecule has 0 amide bonds. The predicted octanol–water partition coefficient (Wildman–Crippen LogP) is 7.47. The lowest BCUT2D eigenvalue weighted by molar-refractivity contribution is 0.620. The lowest BCUT2D eigenvalue weighted by atomic mass is 9.97. The molecule has 0 bridgehead atoms. The molecule has 0 aliphatic rings. The molecule has 0 unspecified atom stereocenters. The minimum Gasteiger partial charge on any atom is -0.436 e. The summed E-state index contributed by atoms with van der Waals surface area (Å²) in [6.45, 7) is 0. The summed E-state index contributed by atoms with van der Waals surface area (Å²) in [5.41, 5.74) is 5.01. The fourth-order valence-electron chi connectivity index (χ4n) is 4.02. The van der Waals surface area contributed by atoms with E-state index >= 15 is 0 Å². The number of benzene rings is 5. The van der Waals surface area contributed by atoms with Gasteiger partial charge in [-0.2, -0.15) is 0 Å². The van der Waals surface area contributed by atoms with Gasteiger partial charge in [-0.15, -0.1) is 0 Å². The molecule has 1 heterocycles. The first-order chi connectivity index (χ1) is 14.3. The second-order valence-electron chi connectivity index (χ2n) is 7.29. The summed E-state index contributed by atoms with van der Waals surface area (Å²) in [5, 5.41) is 5.08. The van der Waals surface area contributed by atoms with Crippen molar-refractivity contribution >= 4 is 32.6 Å². The summed E-state index contributed by atoms with van der Waals surface area (Å²) in [4.78, 5) is 4.64. The lowest BCUT2D eigenvalue weighted by Crippen LogP contribution is -1.83. The van der Waals surface area contributed by atoms with Crippen molar-refractivity contribution in [3.8, 4) is 22.6 Å². The van der Waals surface area contributed by atoms with Crippen LogP contribution in [0.2, 0.25) is 0 Å². The third-order valence-corrected chi connectivity index (χ3v) is 5.48. The summed E-state index contributed by atoms with van der Waals surface area (Å²) in [6, 6.07) is 35.8. The van der Waals surface area contributed by atoms with Crippen LogP contribution in [-0.4, -0.2) is 4.98 Å². The summed E-state index contributed by atoms with van der Waals surface area (Å²) in [5.74, 6) is 0.653. The van der Waals surface area contributed by atoms with Gasteiger partial charge in [0.2, 0.25) is 5.89 Å². The molecule has 0 aliphatic carbocycles. The van der Waals surface area contributed by atoms with E-state index in [4.69, 9.17) is 4.42 Å². The number of fused-ring (bicyclic) bond motifs is 4. The van der Waals surface area contributed by atoms with E-state index in [1.807, 2.05) is 30.3 Å². The minimum absolute atomic E-state index is 0.653. The Balaban J connectivity index is 1.47. The van der Waals surface area contributed by atoms with E-state index in [0.717, 1.165) is 22.2 Å². The van der Waals surface area contributed by atoms with Crippen LogP contribution in [0.3, 0.4) is 0 Å². The highest BCUT2D eigenvalue weighted by Crippen LogP contribution is 2.32. The highest BCUT2D eigenvalue weighted by atomic mass is 16.3. The molecule has 0 saturated heterocycles. The summed E-state index contributed by atoms with van der Waals surface area (Å²) in [7, 11) is 0. The van der Waals surface area contributed by atoms with Crippen LogP contribution < -0.4 is 0 Å². The Hall–Kier alpha value is -3.91. The SMILES string of the molecule is c1cc(-c2ccc3c(ccc4ccccc43)c2)cc(-c2nc3ccccc3o2)c1. The molecule has 1 aromatic heterocycles. The molecule has 29 heavy (non-hydrogen) atoms. The number of rotatable bonds is 2. The molecule has 0 N–H and O–H groups in total. The number of aromatic nitrogens is 1. The van der Waals surface area contributed by atoms with Crippen LogP contribution in [0.15, 0.2) is 108 Å². The molecule has 0 atom stereocenters. The van der Waals surface area contributed by atoms with E-state index in [2.05, 4.69) is 77.8 Å². The summed E-state index contributed by atoms with van der Waals surface area (Å²) in [6.07, 6.45) is 0. The van der Waals surface area contributed by atoms with Crippen molar-refractivity contribution in [2.75, 3.05) is 0 Å². The van der Waals surface area contributed by atoms with E-state index in [1.54, 1.807) is 0 Å². The van der Waals surface area contributed by atoms with Crippen LogP contribution >= 0.6 is 0 Å². The molecular formula is C27H17NO. The highest BCUT2D eigenvalue weighted by Gasteiger charge is 2.09. The Morgan fingerprint density at radius 1 is 0.517 bits per heavy atom. The van der Waals surface area contributed by atoms with Crippen LogP contribution in [0.25, 0.3) is 55.2 Å². The van der Waals surface area contributed by atoms with Gasteiger partial charge in [0.15, 0.2) is 5.58 Å². The average Bonchev–Trinajstić information content (AvgIpc) is 3.23. The van der Waals surface area contributed by atoms with E-state index < -0.39 is 0 Å². The zero-order valence-corrected chi connectivity index (χ0v) is 15.7. The van der Waals surface area contributed by atoms with Gasteiger partial charge < -0.3 is 4.42 Å². The van der Waals surface area contributed by atoms with E-state index in [1.165, 1.54) is 27.1 Å². The fourth-order valence-corrected chi connectivity index (χ4v) is 4.02. The quantitative estimate of drug-likeness (QED) is 0.295. The zero-order chi connectivity index (χ0) is 19.2. The molecular weight excluding hydrogens is 354 g/mol. The number of para-hydroxylation sites is 2. The van der Waals surface area contributed by atoms with Gasteiger partial charge in [0.25, 0.3) is 0 Å². The van der Waals surface area contributed by atoms with Gasteiger partial charge in [-0.3, -0.25) is 0 Å². The van der Waals surface area contributed by atoms with Gasteiger partial charge in [0.1, 0.15) is 5.52 Å². The lowest BCUT2D eigenvalue weighted by Gasteiger charge is -2.08. The van der Waals surface area contributed by atoms with Crippen molar-refractivity contribution in [1.29, 1.82) is 0 Å².